The number of nitrogens with zero attached hydrogens (tertiary/aromatic N) is 4. The molecule has 0 amide bonds. The van der Waals surface area contributed by atoms with Gasteiger partial charge in [0.25, 0.3) is 0 Å². The average Bonchev–Trinajstić information content (AvgIpc) is 1.56. The van der Waals surface area contributed by atoms with E-state index in [1.54, 1.807) is 0 Å². The van der Waals surface area contributed by atoms with E-state index < -0.39 is 7.04 Å². The molecule has 0 bridgehead atoms. The molecule has 12 nitrogen and oxygen atoms in total. The molecule has 0 unspecified atom stereocenters. The number of carbonyl (C=O) groups is 1. The van der Waals surface area contributed by atoms with Crippen LogP contribution in [-0.2, 0) is 50.1 Å². The molecule has 0 radical (unpaired) electrons. The number of fused-ring (bicyclic) bond motifs is 22. The van der Waals surface area contributed by atoms with E-state index in [1.807, 2.05) is 91.1 Å². The first kappa shape index (κ1) is 87.7. The highest BCUT2D eigenvalue weighted by molar-refractivity contribution is 9.12. The van der Waals surface area contributed by atoms with Crippen LogP contribution in [0.15, 0.2) is 272 Å². The molecule has 20 rings (SSSR count). The van der Waals surface area contributed by atoms with E-state index in [-0.39, 0.29) is 62.2 Å². The number of methoxy groups -OCH3 is 1. The van der Waals surface area contributed by atoms with Crippen LogP contribution in [0.2, 0.25) is 6.82 Å². The molecule has 3 aromatic heterocycles. The molecule has 122 heavy (non-hydrogen) atoms. The second-order valence-electron chi connectivity index (χ2n) is 31.0. The van der Waals surface area contributed by atoms with Gasteiger partial charge in [0.1, 0.15) is 6.54 Å². The van der Waals surface area contributed by atoms with Crippen molar-refractivity contribution in [3.05, 3.63) is 305 Å². The molecule has 15 aromatic rings. The second-order valence-corrected chi connectivity index (χ2v) is 42.0. The number of nitrogens with one attached hydrogen (secondary N) is 1. The Bertz CT molecular complexity index is 6240. The zero-order valence-corrected chi connectivity index (χ0v) is 85.5. The summed E-state index contributed by atoms with van der Waals surface area (Å²) in [6.45, 7) is 9.87. The van der Waals surface area contributed by atoms with Crippen LogP contribution < -0.4 is 5.32 Å². The number of piperidine rings is 2. The predicted octanol–water partition coefficient (Wildman–Crippen LogP) is 27.9. The smallest absolute Gasteiger partial charge is 0.376 e. The molecule has 0 atom stereocenters. The first-order valence-electron chi connectivity index (χ1n) is 41.7. The largest absolute Gasteiger partial charge is 0.465 e. The molecule has 5 aliphatic rings. The van der Waals surface area contributed by atoms with E-state index in [0.717, 1.165) is 138 Å². The van der Waals surface area contributed by atoms with Gasteiger partial charge in [-0.25, -0.2) is 0 Å². The summed E-state index contributed by atoms with van der Waals surface area (Å²) in [6.07, 6.45) is 5.68. The summed E-state index contributed by atoms with van der Waals surface area (Å²) in [5.74, 6) is -0.226. The second kappa shape index (κ2) is 40.0. The monoisotopic (exact) mass is 2390 g/mol. The predicted molar refractivity (Wildman–Crippen MR) is 544 cm³/mol. The molecule has 2 spiro atoms. The molecular formula is C97H86BBr12N5O7. The summed E-state index contributed by atoms with van der Waals surface area (Å²) in [7, 11) is -2.72. The van der Waals surface area contributed by atoms with Gasteiger partial charge in [-0.05, 0) is 291 Å². The lowest BCUT2D eigenvalue weighted by Gasteiger charge is -2.41. The van der Waals surface area contributed by atoms with Crippen molar-refractivity contribution in [2.24, 2.45) is 0 Å². The maximum atomic E-state index is 11.9. The quantitative estimate of drug-likeness (QED) is 0.0562. The van der Waals surface area contributed by atoms with Crippen molar-refractivity contribution in [1.29, 1.82) is 0 Å². The minimum atomic E-state index is -2.36. The van der Waals surface area contributed by atoms with Gasteiger partial charge in [0.15, 0.2) is 0 Å². The lowest BCUT2D eigenvalue weighted by Crippen LogP contribution is -2.48. The van der Waals surface area contributed by atoms with Crippen LogP contribution in [-0.4, -0.2) is 118 Å². The van der Waals surface area contributed by atoms with Crippen LogP contribution in [0.4, 0.5) is 0 Å². The third-order valence-corrected chi connectivity index (χ3v) is 30.2. The maximum Gasteiger partial charge on any atom is 0.376 e. The lowest BCUT2D eigenvalue weighted by molar-refractivity contribution is -0.143. The molecule has 5 N–H and O–H groups in total. The Morgan fingerprint density at radius 3 is 0.967 bits per heavy atom. The molecule has 2 fully saturated rings. The van der Waals surface area contributed by atoms with Gasteiger partial charge in [0.2, 0.25) is 0 Å². The number of halogens is 12. The van der Waals surface area contributed by atoms with E-state index in [9.17, 15) is 25.1 Å². The molecule has 628 valence electrons. The van der Waals surface area contributed by atoms with Gasteiger partial charge in [-0.1, -0.05) is 264 Å². The van der Waals surface area contributed by atoms with E-state index in [2.05, 4.69) is 356 Å². The number of carbonyl (C=O) groups excluding carboxylic acids is 1. The zero-order valence-electron chi connectivity index (χ0n) is 69.4. The third-order valence-electron chi connectivity index (χ3n) is 24.3. The number of ether oxygens (including phenoxy) is 2. The first-order valence-corrected chi connectivity index (χ1v) is 49.7. The van der Waals surface area contributed by atoms with Crippen LogP contribution in [0.5, 0.6) is 0 Å². The van der Waals surface area contributed by atoms with Crippen LogP contribution in [0, 0.1) is 0 Å². The number of aliphatic hydroxyl groups excluding tert-OH is 3. The molecule has 2 saturated heterocycles. The van der Waals surface area contributed by atoms with E-state index in [1.165, 1.54) is 99.3 Å². The van der Waals surface area contributed by atoms with Crippen LogP contribution >= 0.6 is 191 Å². The van der Waals surface area contributed by atoms with Crippen molar-refractivity contribution < 1.29 is 38.7 Å². The standard InChI is InChI=1S/C18H18BBr2NO.C17H15Br2N.C17H16Br2O2.C16H13Br2NO2.C15H13Br2NO.C14H11Br2NO/c1-19(23)22-8-6-18(7-9-22)16-10-12(20)2-4-14(16)15-5-3-13(21)11-17(15)18;18-11-1-3-13-14-4-2-12(19)10-16(14)17(15(13)9-11)5-7-20-8-6-17;18-11-1-3-13-14-4-2-12(19)10-16(14)17(5-7-20,6-8-21)15(13)9-11;1-2-21-16(20)9-19-14-7-10(17)3-5-12(14)13-6-4-11(18)8-15(13)19;1-19-7-6-18-14-8-10(16)2-4-12(14)13-5-3-11(17)9-15(13)18;15-9-1-3-11-12-4-2-10(16)8-14(12)17(5-6-18)13(11)7-9/h2-5,10-11,23H,6-9H2,1H3;1-4,9-10,20H,5-8H2;1-4,9-10,20-21H,5-8H2;3-8H,2,9H2,1H3;2-5,8-9H,6-7H2,1H3;1-4,7-8,18H,5-6H2/i;;;;1D3;. The van der Waals surface area contributed by atoms with Crippen molar-refractivity contribution in [3.8, 4) is 33.4 Å². The Labute approximate surface area is 816 Å². The number of aromatic nitrogens is 3. The Morgan fingerprint density at radius 1 is 0.393 bits per heavy atom. The van der Waals surface area contributed by atoms with Crippen LogP contribution in [0.1, 0.15) is 82.9 Å². The normalized spacial score (nSPS) is 15.1. The van der Waals surface area contributed by atoms with Crippen LogP contribution in [0.25, 0.3) is 98.8 Å². The molecule has 0 saturated carbocycles. The van der Waals surface area contributed by atoms with Gasteiger partial charge in [0.05, 0.1) is 57.0 Å². The fraction of sp³-hybridized carbons (Fsp3) is 0.247. The van der Waals surface area contributed by atoms with Gasteiger partial charge < -0.3 is 53.6 Å². The number of esters is 1. The van der Waals surface area contributed by atoms with E-state index in [0.29, 0.717) is 32.5 Å². The fourth-order valence-electron chi connectivity index (χ4n) is 18.9. The molecule has 25 heteroatoms. The number of benzene rings is 12. The van der Waals surface area contributed by atoms with Crippen molar-refractivity contribution in [2.75, 3.05) is 66.3 Å². The number of hydrogen-bond donors (Lipinski definition) is 5. The Hall–Kier alpha value is -4.95. The number of aliphatic hydroxyl groups is 3. The lowest BCUT2D eigenvalue weighted by atomic mass is 9.68. The summed E-state index contributed by atoms with van der Waals surface area (Å²) < 4.78 is 50.4. The Kier molecular flexibility index (Phi) is 28.7. The fourth-order valence-corrected chi connectivity index (χ4v) is 23.2. The molecule has 5 heterocycles. The third kappa shape index (κ3) is 18.7. The summed E-state index contributed by atoms with van der Waals surface area (Å²) in [4.78, 5) is 14.1. The van der Waals surface area contributed by atoms with Crippen molar-refractivity contribution in [1.82, 2.24) is 23.8 Å². The summed E-state index contributed by atoms with van der Waals surface area (Å²) in [5.41, 5.74) is 22.6. The first-order chi connectivity index (χ1) is 60.0. The van der Waals surface area contributed by atoms with Gasteiger partial charge in [-0.2, -0.15) is 0 Å². The van der Waals surface area contributed by atoms with Crippen molar-refractivity contribution >= 4 is 270 Å². The molecule has 12 aromatic carbocycles. The highest BCUT2D eigenvalue weighted by atomic mass is 79.9. The minimum absolute atomic E-state index is 0.0730. The summed E-state index contributed by atoms with van der Waals surface area (Å²) in [5, 5.41) is 48.8. The SMILES string of the molecule is Brc1ccc2c(c1)C1(CCNCC1)c1cc(Br)ccc1-2.CB(O)N1CCC2(CC1)c1cc(Br)ccc1-c1ccc(Br)cc12.CCOC(=O)Cn1c2cc(Br)ccc2c2ccc(Br)cc21.OCCC1(CCO)c2cc(Br)ccc2-c2ccc(Br)cc21.OCCn1c2cc(Br)ccc2c2ccc(Br)cc21.[2H]C([2H])([2H])OCCn1c2cc(Br)ccc2c2ccc(Br)cc21. The van der Waals surface area contributed by atoms with Gasteiger partial charge in [-0.15, -0.1) is 0 Å². The van der Waals surface area contributed by atoms with Gasteiger partial charge >= 0.3 is 13.0 Å². The number of hydrogen-bond acceptors (Lipinski definition) is 9. The molecule has 3 aliphatic carbocycles. The van der Waals surface area contributed by atoms with E-state index in [4.69, 9.17) is 13.6 Å². The minimum Gasteiger partial charge on any atom is -0.465 e. The Morgan fingerprint density at radius 2 is 0.672 bits per heavy atom. The summed E-state index contributed by atoms with van der Waals surface area (Å²) >= 11 is 42.7. The summed E-state index contributed by atoms with van der Waals surface area (Å²) in [6, 6.07) is 76.3. The van der Waals surface area contributed by atoms with Crippen molar-refractivity contribution in [3.63, 3.8) is 0 Å². The zero-order chi connectivity index (χ0) is 88.6. The topological polar surface area (TPSA) is 147 Å². The number of rotatable bonds is 13. The average molecular weight is 2410 g/mol. The van der Waals surface area contributed by atoms with Gasteiger partial charge in [-0.3, -0.25) is 4.79 Å². The maximum absolute atomic E-state index is 11.9. The highest BCUT2D eigenvalue weighted by Gasteiger charge is 2.48. The molecule has 2 aliphatic heterocycles. The van der Waals surface area contributed by atoms with E-state index >= 15 is 0 Å². The van der Waals surface area contributed by atoms with Crippen molar-refractivity contribution in [2.45, 2.75) is 88.2 Å². The van der Waals surface area contributed by atoms with Crippen LogP contribution in [0.3, 0.4) is 0 Å². The molecular weight excluding hydrogens is 2320 g/mol. The highest BCUT2D eigenvalue weighted by Crippen LogP contribution is 2.58. The van der Waals surface area contributed by atoms with Gasteiger partial charge in [0, 0.05) is 136 Å². The Balaban J connectivity index is 0.000000116.